The topological polar surface area (TPSA) is 49.4 Å². The van der Waals surface area contributed by atoms with Crippen molar-refractivity contribution < 1.29 is 8.42 Å². The summed E-state index contributed by atoms with van der Waals surface area (Å²) in [6.45, 7) is 2.68. The van der Waals surface area contributed by atoms with Gasteiger partial charge in [0, 0.05) is 20.6 Å². The summed E-state index contributed by atoms with van der Waals surface area (Å²) < 4.78 is 25.4. The maximum atomic E-state index is 12.1. The zero-order valence-electron chi connectivity index (χ0n) is 11.1. The standard InChI is InChI=1S/C13H20N2O2S/c1-4-5-8-11-14-12-9-6-7-10-13(12)18(16,17)15(2)3/h4-7,9-10,14H,8,11H2,1-3H3/b5-4+. The highest BCUT2D eigenvalue weighted by molar-refractivity contribution is 7.89. The molecule has 1 N–H and O–H groups in total. The smallest absolute Gasteiger partial charge is 0.244 e. The lowest BCUT2D eigenvalue weighted by atomic mass is 10.3. The fraction of sp³-hybridized carbons (Fsp3) is 0.385. The Balaban J connectivity index is 2.93. The van der Waals surface area contributed by atoms with E-state index in [-0.39, 0.29) is 0 Å². The van der Waals surface area contributed by atoms with Gasteiger partial charge in [0.2, 0.25) is 10.0 Å². The number of para-hydroxylation sites is 1. The molecule has 0 saturated heterocycles. The van der Waals surface area contributed by atoms with Crippen LogP contribution in [0.25, 0.3) is 0 Å². The third kappa shape index (κ3) is 3.58. The molecule has 1 aromatic carbocycles. The normalized spacial score (nSPS) is 12.2. The Labute approximate surface area is 109 Å². The molecule has 0 radical (unpaired) electrons. The Bertz CT molecular complexity index is 507. The molecular formula is C13H20N2O2S. The number of sulfonamides is 1. The molecule has 0 unspecified atom stereocenters. The van der Waals surface area contributed by atoms with Crippen LogP contribution in [0.15, 0.2) is 41.3 Å². The molecule has 0 spiro atoms. The number of benzene rings is 1. The summed E-state index contributed by atoms with van der Waals surface area (Å²) in [6, 6.07) is 6.96. The van der Waals surface area contributed by atoms with Crippen LogP contribution in [0, 0.1) is 0 Å². The number of rotatable bonds is 6. The molecule has 0 atom stereocenters. The van der Waals surface area contributed by atoms with E-state index in [0.29, 0.717) is 17.1 Å². The van der Waals surface area contributed by atoms with E-state index in [9.17, 15) is 8.42 Å². The zero-order valence-corrected chi connectivity index (χ0v) is 11.9. The minimum atomic E-state index is -3.40. The lowest BCUT2D eigenvalue weighted by molar-refractivity contribution is 0.521. The SMILES string of the molecule is C/C=C/CCNc1ccccc1S(=O)(=O)N(C)C. The van der Waals surface area contributed by atoms with E-state index in [1.165, 1.54) is 18.4 Å². The summed E-state index contributed by atoms with van der Waals surface area (Å²) in [5, 5.41) is 3.15. The lowest BCUT2D eigenvalue weighted by Gasteiger charge is -2.15. The molecule has 0 fully saturated rings. The molecule has 0 aliphatic carbocycles. The van der Waals surface area contributed by atoms with Crippen molar-refractivity contribution in [1.29, 1.82) is 0 Å². The largest absolute Gasteiger partial charge is 0.384 e. The maximum absolute atomic E-state index is 12.1. The van der Waals surface area contributed by atoms with Gasteiger partial charge in [-0.1, -0.05) is 24.3 Å². The predicted molar refractivity (Wildman–Crippen MR) is 75.2 cm³/mol. The van der Waals surface area contributed by atoms with Crippen molar-refractivity contribution in [2.45, 2.75) is 18.2 Å². The first kappa shape index (κ1) is 14.7. The zero-order chi connectivity index (χ0) is 13.6. The van der Waals surface area contributed by atoms with Crippen LogP contribution >= 0.6 is 0 Å². The van der Waals surface area contributed by atoms with Crippen molar-refractivity contribution in [2.24, 2.45) is 0 Å². The van der Waals surface area contributed by atoms with E-state index in [0.717, 1.165) is 6.42 Å². The van der Waals surface area contributed by atoms with E-state index >= 15 is 0 Å². The molecule has 1 rings (SSSR count). The molecule has 4 nitrogen and oxygen atoms in total. The highest BCUT2D eigenvalue weighted by Gasteiger charge is 2.20. The summed E-state index contributed by atoms with van der Waals surface area (Å²) >= 11 is 0. The molecule has 0 aliphatic heterocycles. The summed E-state index contributed by atoms with van der Waals surface area (Å²) in [7, 11) is -0.330. The van der Waals surface area contributed by atoms with Crippen LogP contribution in [-0.4, -0.2) is 33.4 Å². The Hall–Kier alpha value is -1.33. The number of hydrogen-bond donors (Lipinski definition) is 1. The molecule has 0 amide bonds. The average molecular weight is 268 g/mol. The second kappa shape index (κ2) is 6.56. The van der Waals surface area contributed by atoms with Crippen LogP contribution in [-0.2, 0) is 10.0 Å². The lowest BCUT2D eigenvalue weighted by Crippen LogP contribution is -2.23. The highest BCUT2D eigenvalue weighted by Crippen LogP contribution is 2.22. The fourth-order valence-corrected chi connectivity index (χ4v) is 2.55. The van der Waals surface area contributed by atoms with Gasteiger partial charge in [-0.05, 0) is 25.5 Å². The van der Waals surface area contributed by atoms with Gasteiger partial charge >= 0.3 is 0 Å². The molecule has 5 heteroatoms. The quantitative estimate of drug-likeness (QED) is 0.636. The van der Waals surface area contributed by atoms with Crippen molar-refractivity contribution in [3.05, 3.63) is 36.4 Å². The van der Waals surface area contributed by atoms with E-state index in [4.69, 9.17) is 0 Å². The van der Waals surface area contributed by atoms with E-state index < -0.39 is 10.0 Å². The van der Waals surface area contributed by atoms with Gasteiger partial charge in [-0.25, -0.2) is 12.7 Å². The predicted octanol–water partition coefficient (Wildman–Crippen LogP) is 2.32. The van der Waals surface area contributed by atoms with Gasteiger partial charge in [-0.2, -0.15) is 0 Å². The fourth-order valence-electron chi connectivity index (χ4n) is 1.49. The molecule has 18 heavy (non-hydrogen) atoms. The van der Waals surface area contributed by atoms with Gasteiger partial charge in [0.05, 0.1) is 5.69 Å². The Kier molecular flexibility index (Phi) is 5.37. The number of hydrogen-bond acceptors (Lipinski definition) is 3. The van der Waals surface area contributed by atoms with Gasteiger partial charge in [-0.15, -0.1) is 0 Å². The van der Waals surface area contributed by atoms with Crippen LogP contribution in [0.2, 0.25) is 0 Å². The Morgan fingerprint density at radius 2 is 1.94 bits per heavy atom. The van der Waals surface area contributed by atoms with Gasteiger partial charge < -0.3 is 5.32 Å². The third-order valence-electron chi connectivity index (χ3n) is 2.51. The molecule has 0 saturated carbocycles. The second-order valence-electron chi connectivity index (χ2n) is 4.07. The van der Waals surface area contributed by atoms with Crippen molar-refractivity contribution >= 4 is 15.7 Å². The van der Waals surface area contributed by atoms with Crippen LogP contribution in [0.3, 0.4) is 0 Å². The second-order valence-corrected chi connectivity index (χ2v) is 6.19. The number of anilines is 1. The third-order valence-corrected chi connectivity index (χ3v) is 4.38. The summed E-state index contributed by atoms with van der Waals surface area (Å²) in [4.78, 5) is 0.315. The first-order chi connectivity index (χ1) is 8.50. The van der Waals surface area contributed by atoms with E-state index in [2.05, 4.69) is 5.32 Å². The number of nitrogens with one attached hydrogen (secondary N) is 1. The minimum Gasteiger partial charge on any atom is -0.384 e. The maximum Gasteiger partial charge on any atom is 0.244 e. The van der Waals surface area contributed by atoms with Crippen molar-refractivity contribution in [3.8, 4) is 0 Å². The number of nitrogens with zero attached hydrogens (tertiary/aromatic N) is 1. The summed E-state index contributed by atoms with van der Waals surface area (Å²) in [6.07, 6.45) is 4.88. The molecule has 0 heterocycles. The van der Waals surface area contributed by atoms with Crippen molar-refractivity contribution in [3.63, 3.8) is 0 Å². The number of allylic oxidation sites excluding steroid dienone is 1. The molecule has 100 valence electrons. The van der Waals surface area contributed by atoms with Gasteiger partial charge in [0.1, 0.15) is 4.90 Å². The summed E-state index contributed by atoms with van der Waals surface area (Å²) in [5.41, 5.74) is 0.649. The van der Waals surface area contributed by atoms with Crippen LogP contribution in [0.4, 0.5) is 5.69 Å². The van der Waals surface area contributed by atoms with Crippen LogP contribution in [0.1, 0.15) is 13.3 Å². The molecular weight excluding hydrogens is 248 g/mol. The molecule has 0 aliphatic rings. The molecule has 1 aromatic rings. The van der Waals surface area contributed by atoms with E-state index in [1.54, 1.807) is 18.2 Å². The summed E-state index contributed by atoms with van der Waals surface area (Å²) in [5.74, 6) is 0. The Morgan fingerprint density at radius 1 is 1.28 bits per heavy atom. The Morgan fingerprint density at radius 3 is 2.56 bits per heavy atom. The first-order valence-electron chi connectivity index (χ1n) is 5.86. The van der Waals surface area contributed by atoms with Crippen molar-refractivity contribution in [1.82, 2.24) is 4.31 Å². The van der Waals surface area contributed by atoms with Gasteiger partial charge in [-0.3, -0.25) is 0 Å². The molecule has 0 bridgehead atoms. The van der Waals surface area contributed by atoms with Crippen molar-refractivity contribution in [2.75, 3.05) is 26.0 Å². The minimum absolute atomic E-state index is 0.315. The van der Waals surface area contributed by atoms with Crippen LogP contribution in [0.5, 0.6) is 0 Å². The van der Waals surface area contributed by atoms with Gasteiger partial charge in [0.25, 0.3) is 0 Å². The van der Waals surface area contributed by atoms with Crippen LogP contribution < -0.4 is 5.32 Å². The average Bonchev–Trinajstić information content (AvgIpc) is 2.35. The first-order valence-corrected chi connectivity index (χ1v) is 7.30. The highest BCUT2D eigenvalue weighted by atomic mass is 32.2. The molecule has 0 aromatic heterocycles. The van der Waals surface area contributed by atoms with E-state index in [1.807, 2.05) is 25.1 Å². The van der Waals surface area contributed by atoms with Gasteiger partial charge in [0.15, 0.2) is 0 Å². The monoisotopic (exact) mass is 268 g/mol.